The lowest BCUT2D eigenvalue weighted by Crippen LogP contribution is -2.44. The summed E-state index contributed by atoms with van der Waals surface area (Å²) in [7, 11) is 0. The molecule has 1 N–H and O–H groups in total. The number of nitrogens with one attached hydrogen (secondary N) is 1. The van der Waals surface area contributed by atoms with Gasteiger partial charge in [0.15, 0.2) is 0 Å². The molecule has 0 saturated carbocycles. The fourth-order valence-electron chi connectivity index (χ4n) is 2.54. The van der Waals surface area contributed by atoms with Crippen LogP contribution in [0.5, 0.6) is 0 Å². The van der Waals surface area contributed by atoms with Crippen LogP contribution in [-0.4, -0.2) is 33.9 Å². The highest BCUT2D eigenvalue weighted by molar-refractivity contribution is 6.30. The molecule has 158 valence electrons. The van der Waals surface area contributed by atoms with Crippen molar-refractivity contribution in [2.75, 3.05) is 0 Å². The average molecular weight is 436 g/mol. The standard InChI is InChI=1S/C19H18ClN3O7/c1-11(2)30-19(25)17(7-12-3-5-14(20)6-4-12)21-18(24)13-8-15(22(26)27)10-16(9-13)23(28)29/h3-6,8-11,17H,7H2,1-2H3,(H,21,24)/t17-/m0/s1. The summed E-state index contributed by atoms with van der Waals surface area (Å²) >= 11 is 5.85. The Balaban J connectivity index is 2.32. The number of nitro groups is 2. The molecule has 0 aliphatic carbocycles. The lowest BCUT2D eigenvalue weighted by molar-refractivity contribution is -0.394. The van der Waals surface area contributed by atoms with Crippen LogP contribution in [0.15, 0.2) is 42.5 Å². The number of rotatable bonds is 8. The van der Waals surface area contributed by atoms with Crippen LogP contribution in [-0.2, 0) is 16.0 Å². The molecule has 10 nitrogen and oxygen atoms in total. The first-order chi connectivity index (χ1) is 14.1. The maximum Gasteiger partial charge on any atom is 0.329 e. The van der Waals surface area contributed by atoms with Crippen LogP contribution in [0.25, 0.3) is 0 Å². The molecular weight excluding hydrogens is 418 g/mol. The minimum atomic E-state index is -1.13. The first kappa shape index (κ1) is 22.8. The molecule has 0 saturated heterocycles. The van der Waals surface area contributed by atoms with Crippen molar-refractivity contribution in [3.05, 3.63) is 78.8 Å². The number of esters is 1. The quantitative estimate of drug-likeness (QED) is 0.380. The largest absolute Gasteiger partial charge is 0.461 e. The van der Waals surface area contributed by atoms with Crippen molar-refractivity contribution >= 4 is 34.9 Å². The van der Waals surface area contributed by atoms with E-state index >= 15 is 0 Å². The van der Waals surface area contributed by atoms with Crippen molar-refractivity contribution in [1.82, 2.24) is 5.32 Å². The van der Waals surface area contributed by atoms with Gasteiger partial charge in [0.25, 0.3) is 17.3 Å². The summed E-state index contributed by atoms with van der Waals surface area (Å²) in [5.41, 5.74) is -0.883. The second-order valence-corrected chi connectivity index (χ2v) is 7.03. The molecule has 2 aromatic carbocycles. The first-order valence-corrected chi connectivity index (χ1v) is 9.14. The smallest absolute Gasteiger partial charge is 0.329 e. The van der Waals surface area contributed by atoms with E-state index in [1.165, 1.54) is 0 Å². The molecule has 0 spiro atoms. The zero-order valence-corrected chi connectivity index (χ0v) is 16.8. The number of halogens is 1. The molecule has 1 amide bonds. The molecule has 0 bridgehead atoms. The number of hydrogen-bond donors (Lipinski definition) is 1. The van der Waals surface area contributed by atoms with E-state index in [0.717, 1.165) is 18.2 Å². The van der Waals surface area contributed by atoms with Crippen LogP contribution in [0.4, 0.5) is 11.4 Å². The van der Waals surface area contributed by atoms with Crippen LogP contribution < -0.4 is 5.32 Å². The van der Waals surface area contributed by atoms with Gasteiger partial charge in [0, 0.05) is 23.6 Å². The van der Waals surface area contributed by atoms with E-state index in [0.29, 0.717) is 10.6 Å². The van der Waals surface area contributed by atoms with Gasteiger partial charge >= 0.3 is 5.97 Å². The number of carbonyl (C=O) groups excluding carboxylic acids is 2. The van der Waals surface area contributed by atoms with E-state index in [1.54, 1.807) is 38.1 Å². The number of amides is 1. The van der Waals surface area contributed by atoms with Gasteiger partial charge in [-0.2, -0.15) is 0 Å². The Kier molecular flexibility index (Phi) is 7.43. The molecule has 0 unspecified atom stereocenters. The number of carbonyl (C=O) groups is 2. The SMILES string of the molecule is CC(C)OC(=O)[C@H](Cc1ccc(Cl)cc1)NC(=O)c1cc([N+](=O)[O-])cc([N+](=O)[O-])c1. The third-order valence-electron chi connectivity index (χ3n) is 3.88. The maximum absolute atomic E-state index is 12.7. The van der Waals surface area contributed by atoms with Crippen molar-refractivity contribution in [3.8, 4) is 0 Å². The minimum Gasteiger partial charge on any atom is -0.461 e. The Bertz CT molecular complexity index is 944. The molecule has 30 heavy (non-hydrogen) atoms. The molecular formula is C19H18ClN3O7. The van der Waals surface area contributed by atoms with E-state index in [4.69, 9.17) is 16.3 Å². The van der Waals surface area contributed by atoms with Gasteiger partial charge in [-0.1, -0.05) is 23.7 Å². The number of benzene rings is 2. The Morgan fingerprint density at radius 1 is 1.03 bits per heavy atom. The minimum absolute atomic E-state index is 0.0610. The van der Waals surface area contributed by atoms with Crippen LogP contribution in [0.1, 0.15) is 29.8 Å². The molecule has 0 aliphatic rings. The third-order valence-corrected chi connectivity index (χ3v) is 4.13. The summed E-state index contributed by atoms with van der Waals surface area (Å²) in [6, 6.07) is 7.99. The second-order valence-electron chi connectivity index (χ2n) is 6.59. The number of hydrogen-bond acceptors (Lipinski definition) is 7. The van der Waals surface area contributed by atoms with Gasteiger partial charge in [0.2, 0.25) is 0 Å². The fraction of sp³-hybridized carbons (Fsp3) is 0.263. The van der Waals surface area contributed by atoms with E-state index in [9.17, 15) is 29.8 Å². The fourth-order valence-corrected chi connectivity index (χ4v) is 2.67. The molecule has 1 atom stereocenters. The third kappa shape index (κ3) is 6.24. The summed E-state index contributed by atoms with van der Waals surface area (Å²) in [6.07, 6.45) is -0.383. The van der Waals surface area contributed by atoms with Crippen molar-refractivity contribution in [3.63, 3.8) is 0 Å². The predicted octanol–water partition coefficient (Wildman–Crippen LogP) is 3.45. The highest BCUT2D eigenvalue weighted by Gasteiger charge is 2.26. The van der Waals surface area contributed by atoms with Gasteiger partial charge in [-0.05, 0) is 31.5 Å². The van der Waals surface area contributed by atoms with E-state index in [2.05, 4.69) is 5.32 Å². The summed E-state index contributed by atoms with van der Waals surface area (Å²) in [6.45, 7) is 3.28. The zero-order chi connectivity index (χ0) is 22.4. The Hall–Kier alpha value is -3.53. The molecule has 2 rings (SSSR count). The van der Waals surface area contributed by atoms with Crippen molar-refractivity contribution in [2.24, 2.45) is 0 Å². The molecule has 0 aliphatic heterocycles. The number of nitrogens with zero attached hydrogens (tertiary/aromatic N) is 2. The first-order valence-electron chi connectivity index (χ1n) is 8.76. The van der Waals surface area contributed by atoms with Gasteiger partial charge < -0.3 is 10.1 Å². The Morgan fingerprint density at radius 3 is 2.03 bits per heavy atom. The van der Waals surface area contributed by atoms with Gasteiger partial charge in [-0.15, -0.1) is 0 Å². The van der Waals surface area contributed by atoms with E-state index in [1.807, 2.05) is 0 Å². The van der Waals surface area contributed by atoms with Gasteiger partial charge in [0.05, 0.1) is 27.6 Å². The van der Waals surface area contributed by atoms with Gasteiger partial charge in [-0.3, -0.25) is 25.0 Å². The molecule has 0 fully saturated rings. The van der Waals surface area contributed by atoms with E-state index in [-0.39, 0.29) is 12.0 Å². The van der Waals surface area contributed by atoms with Crippen molar-refractivity contribution in [1.29, 1.82) is 0 Å². The van der Waals surface area contributed by atoms with Crippen LogP contribution in [0, 0.1) is 20.2 Å². The van der Waals surface area contributed by atoms with Gasteiger partial charge in [-0.25, -0.2) is 4.79 Å². The summed E-state index contributed by atoms with van der Waals surface area (Å²) < 4.78 is 5.17. The number of nitro benzene ring substituents is 2. The summed E-state index contributed by atoms with van der Waals surface area (Å²) in [5.74, 6) is -1.60. The molecule has 0 heterocycles. The number of ether oxygens (including phenoxy) is 1. The zero-order valence-electron chi connectivity index (χ0n) is 16.0. The van der Waals surface area contributed by atoms with Crippen molar-refractivity contribution in [2.45, 2.75) is 32.4 Å². The Morgan fingerprint density at radius 2 is 1.57 bits per heavy atom. The van der Waals surface area contributed by atoms with E-state index < -0.39 is 45.2 Å². The van der Waals surface area contributed by atoms with Crippen LogP contribution in [0.3, 0.4) is 0 Å². The van der Waals surface area contributed by atoms with Gasteiger partial charge in [0.1, 0.15) is 6.04 Å². The molecule has 2 aromatic rings. The average Bonchev–Trinajstić information content (AvgIpc) is 2.68. The van der Waals surface area contributed by atoms with Crippen LogP contribution in [0.2, 0.25) is 5.02 Å². The summed E-state index contributed by atoms with van der Waals surface area (Å²) in [5, 5.41) is 25.0. The highest BCUT2D eigenvalue weighted by Crippen LogP contribution is 2.23. The second kappa shape index (κ2) is 9.79. The lowest BCUT2D eigenvalue weighted by Gasteiger charge is -2.19. The topological polar surface area (TPSA) is 142 Å². The van der Waals surface area contributed by atoms with Crippen molar-refractivity contribution < 1.29 is 24.2 Å². The monoisotopic (exact) mass is 435 g/mol. The lowest BCUT2D eigenvalue weighted by atomic mass is 10.0. The normalized spacial score (nSPS) is 11.6. The maximum atomic E-state index is 12.7. The van der Waals surface area contributed by atoms with Crippen LogP contribution >= 0.6 is 11.6 Å². The Labute approximate surface area is 176 Å². The number of non-ortho nitro benzene ring substituents is 2. The summed E-state index contributed by atoms with van der Waals surface area (Å²) in [4.78, 5) is 45.5. The molecule has 11 heteroatoms. The molecule has 0 radical (unpaired) electrons. The molecule has 0 aromatic heterocycles. The predicted molar refractivity (Wildman–Crippen MR) is 107 cm³/mol. The highest BCUT2D eigenvalue weighted by atomic mass is 35.5.